The molecule has 8 heteroatoms. The lowest BCUT2D eigenvalue weighted by atomic mass is 10.1. The molecular weight excluding hydrogens is 264 g/mol. The van der Waals surface area contributed by atoms with E-state index in [0.29, 0.717) is 11.4 Å². The SMILES string of the molecule is COC(C)(C)c1noc(-c2ccc(N)c([N+](=O)[O-])c2)n1. The van der Waals surface area contributed by atoms with Crippen LogP contribution in [-0.2, 0) is 10.3 Å². The number of rotatable bonds is 4. The Morgan fingerprint density at radius 1 is 1.45 bits per heavy atom. The number of nitrogens with zero attached hydrogens (tertiary/aromatic N) is 3. The van der Waals surface area contributed by atoms with Crippen LogP contribution in [0.2, 0.25) is 0 Å². The molecule has 0 unspecified atom stereocenters. The summed E-state index contributed by atoms with van der Waals surface area (Å²) in [5.74, 6) is 0.530. The molecule has 1 aromatic heterocycles. The summed E-state index contributed by atoms with van der Waals surface area (Å²) >= 11 is 0. The number of nitrogen functional groups attached to an aromatic ring is 1. The van der Waals surface area contributed by atoms with Gasteiger partial charge in [-0.25, -0.2) is 0 Å². The number of ether oxygens (including phenoxy) is 1. The van der Waals surface area contributed by atoms with Crippen molar-refractivity contribution in [3.63, 3.8) is 0 Å². The maximum Gasteiger partial charge on any atom is 0.292 e. The molecule has 106 valence electrons. The molecule has 0 saturated carbocycles. The normalized spacial score (nSPS) is 11.6. The first-order chi connectivity index (χ1) is 9.35. The van der Waals surface area contributed by atoms with E-state index in [1.807, 2.05) is 0 Å². The van der Waals surface area contributed by atoms with Crippen LogP contribution in [0.3, 0.4) is 0 Å². The number of benzene rings is 1. The number of nitro benzene ring substituents is 1. The summed E-state index contributed by atoms with van der Waals surface area (Å²) < 4.78 is 10.3. The Hall–Kier alpha value is -2.48. The second-order valence-corrected chi connectivity index (χ2v) is 4.67. The Morgan fingerprint density at radius 3 is 2.75 bits per heavy atom. The van der Waals surface area contributed by atoms with Gasteiger partial charge in [-0.05, 0) is 26.0 Å². The molecule has 0 saturated heterocycles. The van der Waals surface area contributed by atoms with Crippen LogP contribution < -0.4 is 5.73 Å². The quantitative estimate of drug-likeness (QED) is 0.517. The molecule has 0 radical (unpaired) electrons. The minimum Gasteiger partial charge on any atom is -0.393 e. The van der Waals surface area contributed by atoms with E-state index in [1.54, 1.807) is 19.9 Å². The Bertz CT molecular complexity index is 651. The molecule has 0 bridgehead atoms. The summed E-state index contributed by atoms with van der Waals surface area (Å²) in [5, 5.41) is 14.7. The van der Waals surface area contributed by atoms with E-state index >= 15 is 0 Å². The van der Waals surface area contributed by atoms with Gasteiger partial charge in [-0.3, -0.25) is 10.1 Å². The van der Waals surface area contributed by atoms with Crippen LogP contribution in [0.4, 0.5) is 11.4 Å². The highest BCUT2D eigenvalue weighted by molar-refractivity contribution is 5.67. The van der Waals surface area contributed by atoms with E-state index < -0.39 is 10.5 Å². The lowest BCUT2D eigenvalue weighted by molar-refractivity contribution is -0.383. The molecule has 1 heterocycles. The Balaban J connectivity index is 2.43. The van der Waals surface area contributed by atoms with E-state index in [2.05, 4.69) is 10.1 Å². The largest absolute Gasteiger partial charge is 0.393 e. The van der Waals surface area contributed by atoms with Crippen molar-refractivity contribution < 1.29 is 14.2 Å². The van der Waals surface area contributed by atoms with Crippen molar-refractivity contribution in [3.05, 3.63) is 34.1 Å². The van der Waals surface area contributed by atoms with Gasteiger partial charge in [0.05, 0.1) is 4.92 Å². The van der Waals surface area contributed by atoms with Gasteiger partial charge in [0, 0.05) is 18.7 Å². The summed E-state index contributed by atoms with van der Waals surface area (Å²) in [7, 11) is 1.53. The van der Waals surface area contributed by atoms with Gasteiger partial charge in [-0.15, -0.1) is 0 Å². The first kappa shape index (κ1) is 13.9. The van der Waals surface area contributed by atoms with Gasteiger partial charge >= 0.3 is 0 Å². The van der Waals surface area contributed by atoms with Gasteiger partial charge in [-0.2, -0.15) is 4.98 Å². The Morgan fingerprint density at radius 2 is 2.15 bits per heavy atom. The van der Waals surface area contributed by atoms with E-state index in [-0.39, 0.29) is 17.3 Å². The van der Waals surface area contributed by atoms with Crippen molar-refractivity contribution in [3.8, 4) is 11.5 Å². The zero-order valence-electron chi connectivity index (χ0n) is 11.3. The van der Waals surface area contributed by atoms with Gasteiger partial charge in [0.25, 0.3) is 11.6 Å². The van der Waals surface area contributed by atoms with Crippen LogP contribution in [-0.4, -0.2) is 22.2 Å². The molecule has 0 spiro atoms. The fourth-order valence-electron chi connectivity index (χ4n) is 1.51. The third kappa shape index (κ3) is 2.45. The van der Waals surface area contributed by atoms with Crippen LogP contribution in [0.25, 0.3) is 11.5 Å². The van der Waals surface area contributed by atoms with Gasteiger partial charge in [0.1, 0.15) is 11.3 Å². The topological polar surface area (TPSA) is 117 Å². The van der Waals surface area contributed by atoms with Gasteiger partial charge in [0.2, 0.25) is 5.82 Å². The highest BCUT2D eigenvalue weighted by atomic mass is 16.6. The Labute approximate surface area is 114 Å². The summed E-state index contributed by atoms with van der Waals surface area (Å²) in [6.07, 6.45) is 0. The van der Waals surface area contributed by atoms with Crippen molar-refractivity contribution in [1.29, 1.82) is 0 Å². The molecule has 8 nitrogen and oxygen atoms in total. The van der Waals surface area contributed by atoms with E-state index in [1.165, 1.54) is 19.2 Å². The smallest absolute Gasteiger partial charge is 0.292 e. The maximum absolute atomic E-state index is 10.9. The predicted molar refractivity (Wildman–Crippen MR) is 70.8 cm³/mol. The monoisotopic (exact) mass is 278 g/mol. The number of nitrogens with two attached hydrogens (primary N) is 1. The highest BCUT2D eigenvalue weighted by Gasteiger charge is 2.27. The molecule has 2 aromatic rings. The standard InChI is InChI=1S/C12H14N4O4/c1-12(2,19-3)11-14-10(20-15-11)7-4-5-8(13)9(6-7)16(17)18/h4-6H,13H2,1-3H3. The van der Waals surface area contributed by atoms with Crippen molar-refractivity contribution in [1.82, 2.24) is 10.1 Å². The van der Waals surface area contributed by atoms with E-state index in [4.69, 9.17) is 15.0 Å². The number of anilines is 1. The molecule has 20 heavy (non-hydrogen) atoms. The second-order valence-electron chi connectivity index (χ2n) is 4.67. The van der Waals surface area contributed by atoms with E-state index in [9.17, 15) is 10.1 Å². The molecule has 2 rings (SSSR count). The summed E-state index contributed by atoms with van der Waals surface area (Å²) in [4.78, 5) is 14.5. The Kier molecular flexibility index (Phi) is 3.41. The number of methoxy groups -OCH3 is 1. The van der Waals surface area contributed by atoms with Gasteiger partial charge < -0.3 is 15.0 Å². The first-order valence-corrected chi connectivity index (χ1v) is 5.79. The van der Waals surface area contributed by atoms with Crippen molar-refractivity contribution in [2.24, 2.45) is 0 Å². The first-order valence-electron chi connectivity index (χ1n) is 5.79. The van der Waals surface area contributed by atoms with Crippen molar-refractivity contribution in [2.75, 3.05) is 12.8 Å². The van der Waals surface area contributed by atoms with Crippen LogP contribution >= 0.6 is 0 Å². The lowest BCUT2D eigenvalue weighted by Crippen LogP contribution is -2.21. The highest BCUT2D eigenvalue weighted by Crippen LogP contribution is 2.29. The average Bonchev–Trinajstić information content (AvgIpc) is 2.89. The molecule has 2 N–H and O–H groups in total. The molecular formula is C12H14N4O4. The molecule has 1 aromatic carbocycles. The number of aromatic nitrogens is 2. The maximum atomic E-state index is 10.9. The minimum atomic E-state index is -0.707. The van der Waals surface area contributed by atoms with Gasteiger partial charge in [0.15, 0.2) is 0 Å². The zero-order chi connectivity index (χ0) is 14.9. The number of hydrogen-bond acceptors (Lipinski definition) is 7. The van der Waals surface area contributed by atoms with Crippen molar-refractivity contribution in [2.45, 2.75) is 19.4 Å². The molecule has 0 fully saturated rings. The predicted octanol–water partition coefficient (Wildman–Crippen LogP) is 2.11. The van der Waals surface area contributed by atoms with Gasteiger partial charge in [-0.1, -0.05) is 5.16 Å². The van der Waals surface area contributed by atoms with Crippen LogP contribution in [0.15, 0.2) is 22.7 Å². The molecule has 0 aliphatic heterocycles. The van der Waals surface area contributed by atoms with Crippen LogP contribution in [0, 0.1) is 10.1 Å². The fraction of sp³-hybridized carbons (Fsp3) is 0.333. The molecule has 0 atom stereocenters. The van der Waals surface area contributed by atoms with Crippen LogP contribution in [0.1, 0.15) is 19.7 Å². The third-order valence-corrected chi connectivity index (χ3v) is 2.95. The van der Waals surface area contributed by atoms with Crippen molar-refractivity contribution >= 4 is 11.4 Å². The lowest BCUT2D eigenvalue weighted by Gasteiger charge is -2.17. The van der Waals surface area contributed by atoms with E-state index in [0.717, 1.165) is 0 Å². The second kappa shape index (κ2) is 4.89. The molecule has 0 amide bonds. The fourth-order valence-corrected chi connectivity index (χ4v) is 1.51. The van der Waals surface area contributed by atoms with Crippen LogP contribution in [0.5, 0.6) is 0 Å². The summed E-state index contributed by atoms with van der Waals surface area (Å²) in [6.45, 7) is 3.57. The minimum absolute atomic E-state index is 0.0794. The molecule has 0 aliphatic carbocycles. The molecule has 0 aliphatic rings. The number of nitro groups is 1. The average molecular weight is 278 g/mol. The number of hydrogen-bond donors (Lipinski definition) is 1. The third-order valence-electron chi connectivity index (χ3n) is 2.95. The summed E-state index contributed by atoms with van der Waals surface area (Å²) in [5.41, 5.74) is 5.14. The zero-order valence-corrected chi connectivity index (χ0v) is 11.3. The summed E-state index contributed by atoms with van der Waals surface area (Å²) in [6, 6.07) is 4.31.